The average molecular weight is 291 g/mol. The highest BCUT2D eigenvalue weighted by Crippen LogP contribution is 2.29. The predicted octanol–water partition coefficient (Wildman–Crippen LogP) is 2.59. The SMILES string of the molecule is CCCc1cc2oc3nc(=O)[nH]c(=O)c-3cc2cc1Cl. The molecule has 0 fully saturated rings. The molecule has 0 aromatic heterocycles. The van der Waals surface area contributed by atoms with Gasteiger partial charge in [0.15, 0.2) is 0 Å². The van der Waals surface area contributed by atoms with E-state index in [1.165, 1.54) is 0 Å². The maximum Gasteiger partial charge on any atom is 0.351 e. The van der Waals surface area contributed by atoms with Crippen LogP contribution in [0.15, 0.2) is 32.2 Å². The maximum absolute atomic E-state index is 11.7. The molecule has 0 unspecified atom stereocenters. The van der Waals surface area contributed by atoms with Crippen molar-refractivity contribution in [1.29, 1.82) is 0 Å². The molecule has 2 heterocycles. The van der Waals surface area contributed by atoms with E-state index in [4.69, 9.17) is 16.0 Å². The number of nitrogens with one attached hydrogen (secondary N) is 1. The summed E-state index contributed by atoms with van der Waals surface area (Å²) >= 11 is 6.20. The quantitative estimate of drug-likeness (QED) is 0.736. The summed E-state index contributed by atoms with van der Waals surface area (Å²) in [6, 6.07) is 5.21. The van der Waals surface area contributed by atoms with Gasteiger partial charge >= 0.3 is 5.69 Å². The molecule has 5 nitrogen and oxygen atoms in total. The largest absolute Gasteiger partial charge is 0.437 e. The lowest BCUT2D eigenvalue weighted by Crippen LogP contribution is -2.24. The van der Waals surface area contributed by atoms with E-state index in [0.29, 0.717) is 16.0 Å². The van der Waals surface area contributed by atoms with Gasteiger partial charge in [0.1, 0.15) is 11.1 Å². The van der Waals surface area contributed by atoms with Crippen molar-refractivity contribution in [3.8, 4) is 11.5 Å². The topological polar surface area (TPSA) is 76.0 Å². The van der Waals surface area contributed by atoms with E-state index in [1.54, 1.807) is 12.1 Å². The first-order valence-electron chi connectivity index (χ1n) is 6.25. The van der Waals surface area contributed by atoms with Gasteiger partial charge in [-0.25, -0.2) is 4.79 Å². The minimum Gasteiger partial charge on any atom is -0.437 e. The van der Waals surface area contributed by atoms with Crippen LogP contribution in [-0.2, 0) is 6.42 Å². The van der Waals surface area contributed by atoms with Gasteiger partial charge in [0.05, 0.1) is 0 Å². The second kappa shape index (κ2) is 4.76. The number of hydrogen-bond donors (Lipinski definition) is 1. The Hall–Kier alpha value is -2.14. The number of fused-ring (bicyclic) bond motifs is 2. The normalized spacial score (nSPS) is 11.3. The molecule has 1 aromatic rings. The predicted molar refractivity (Wildman–Crippen MR) is 76.5 cm³/mol. The van der Waals surface area contributed by atoms with Crippen LogP contribution in [0.1, 0.15) is 18.9 Å². The van der Waals surface area contributed by atoms with E-state index >= 15 is 0 Å². The fraction of sp³-hybridized carbons (Fsp3) is 0.214. The summed E-state index contributed by atoms with van der Waals surface area (Å²) in [6.07, 6.45) is 1.79. The Labute approximate surface area is 118 Å². The van der Waals surface area contributed by atoms with Gasteiger partial charge in [-0.3, -0.25) is 9.78 Å². The highest BCUT2D eigenvalue weighted by atomic mass is 35.5. The molecule has 0 aliphatic carbocycles. The van der Waals surface area contributed by atoms with Crippen LogP contribution < -0.4 is 11.2 Å². The molecule has 3 rings (SSSR count). The summed E-state index contributed by atoms with van der Waals surface area (Å²) in [4.78, 5) is 28.7. The van der Waals surface area contributed by atoms with Gasteiger partial charge in [0.2, 0.25) is 5.89 Å². The fourth-order valence-corrected chi connectivity index (χ4v) is 2.45. The molecule has 1 aromatic carbocycles. The Bertz CT molecular complexity index is 882. The zero-order valence-corrected chi connectivity index (χ0v) is 11.5. The van der Waals surface area contributed by atoms with Crippen molar-refractivity contribution in [2.45, 2.75) is 19.8 Å². The zero-order valence-electron chi connectivity index (χ0n) is 10.7. The molecule has 0 spiro atoms. The van der Waals surface area contributed by atoms with Crippen molar-refractivity contribution in [3.63, 3.8) is 0 Å². The number of H-pyrrole nitrogens is 1. The fourth-order valence-electron chi connectivity index (χ4n) is 2.18. The number of aryl methyl sites for hydroxylation is 1. The van der Waals surface area contributed by atoms with Crippen LogP contribution in [0.5, 0.6) is 0 Å². The molecular formula is C14H11ClN2O3. The molecule has 2 aliphatic rings. The molecule has 0 saturated heterocycles. The first-order chi connectivity index (χ1) is 9.58. The Morgan fingerprint density at radius 1 is 1.30 bits per heavy atom. The number of halogens is 1. The lowest BCUT2D eigenvalue weighted by Gasteiger charge is -2.08. The molecule has 0 amide bonds. The third kappa shape index (κ3) is 2.10. The van der Waals surface area contributed by atoms with E-state index in [0.717, 1.165) is 18.4 Å². The minimum absolute atomic E-state index is 0.0380. The van der Waals surface area contributed by atoms with Crippen molar-refractivity contribution in [2.24, 2.45) is 0 Å². The van der Waals surface area contributed by atoms with Gasteiger partial charge in [-0.15, -0.1) is 0 Å². The van der Waals surface area contributed by atoms with Crippen molar-refractivity contribution in [3.05, 3.63) is 49.6 Å². The molecular weight excluding hydrogens is 280 g/mol. The third-order valence-electron chi connectivity index (χ3n) is 3.10. The number of rotatable bonds is 2. The first-order valence-corrected chi connectivity index (χ1v) is 6.62. The van der Waals surface area contributed by atoms with Crippen LogP contribution in [0.2, 0.25) is 5.02 Å². The average Bonchev–Trinajstić information content (AvgIpc) is 2.38. The molecule has 0 saturated carbocycles. The van der Waals surface area contributed by atoms with Gasteiger partial charge in [0, 0.05) is 10.4 Å². The summed E-state index contributed by atoms with van der Waals surface area (Å²) in [5.41, 5.74) is 0.531. The minimum atomic E-state index is -0.714. The summed E-state index contributed by atoms with van der Waals surface area (Å²) in [7, 11) is 0. The highest BCUT2D eigenvalue weighted by Gasteiger charge is 2.15. The highest BCUT2D eigenvalue weighted by molar-refractivity contribution is 6.32. The van der Waals surface area contributed by atoms with Crippen LogP contribution in [0.25, 0.3) is 22.4 Å². The monoisotopic (exact) mass is 290 g/mol. The summed E-state index contributed by atoms with van der Waals surface area (Å²) < 4.78 is 5.56. The number of nitrogens with zero attached hydrogens (tertiary/aromatic N) is 1. The molecule has 0 atom stereocenters. The Kier molecular flexibility index (Phi) is 3.06. The maximum atomic E-state index is 11.7. The van der Waals surface area contributed by atoms with E-state index in [-0.39, 0.29) is 11.5 Å². The van der Waals surface area contributed by atoms with E-state index in [9.17, 15) is 9.59 Å². The van der Waals surface area contributed by atoms with E-state index in [1.807, 2.05) is 6.07 Å². The van der Waals surface area contributed by atoms with Crippen molar-refractivity contribution in [2.75, 3.05) is 0 Å². The lowest BCUT2D eigenvalue weighted by molar-refractivity contribution is 0.591. The Balaban J connectivity index is 2.37. The Morgan fingerprint density at radius 3 is 2.85 bits per heavy atom. The molecule has 102 valence electrons. The van der Waals surface area contributed by atoms with Crippen molar-refractivity contribution in [1.82, 2.24) is 9.97 Å². The smallest absolute Gasteiger partial charge is 0.351 e. The van der Waals surface area contributed by atoms with Crippen LogP contribution in [0.4, 0.5) is 0 Å². The summed E-state index contributed by atoms with van der Waals surface area (Å²) in [5, 5.41) is 1.34. The zero-order chi connectivity index (χ0) is 14.3. The second-order valence-corrected chi connectivity index (χ2v) is 4.97. The molecule has 0 bridgehead atoms. The number of aromatic amines is 1. The van der Waals surface area contributed by atoms with Crippen molar-refractivity contribution < 1.29 is 4.42 Å². The van der Waals surface area contributed by atoms with Gasteiger partial charge < -0.3 is 4.42 Å². The van der Waals surface area contributed by atoms with Gasteiger partial charge in [-0.05, 0) is 30.2 Å². The van der Waals surface area contributed by atoms with Gasteiger partial charge in [-0.1, -0.05) is 24.9 Å². The number of aromatic nitrogens is 2. The second-order valence-electron chi connectivity index (χ2n) is 4.57. The molecule has 6 heteroatoms. The van der Waals surface area contributed by atoms with Crippen LogP contribution >= 0.6 is 11.6 Å². The standard InChI is InChI=1S/C14H11ClN2O3/c1-2-3-7-6-11-8(5-10(7)15)4-9-12(18)16-14(19)17-13(9)20-11/h4-6H,2-3H2,1H3,(H,16,18,19). The first kappa shape index (κ1) is 12.9. The van der Waals surface area contributed by atoms with Crippen molar-refractivity contribution >= 4 is 22.6 Å². The van der Waals surface area contributed by atoms with E-state index < -0.39 is 11.2 Å². The molecule has 20 heavy (non-hydrogen) atoms. The lowest BCUT2D eigenvalue weighted by atomic mass is 10.1. The van der Waals surface area contributed by atoms with E-state index in [2.05, 4.69) is 16.9 Å². The number of benzene rings is 1. The molecule has 1 N–H and O–H groups in total. The number of hydrogen-bond acceptors (Lipinski definition) is 4. The van der Waals surface area contributed by atoms with Crippen LogP contribution in [0.3, 0.4) is 0 Å². The Morgan fingerprint density at radius 2 is 2.10 bits per heavy atom. The van der Waals surface area contributed by atoms with Crippen LogP contribution in [-0.4, -0.2) is 9.97 Å². The molecule has 2 aliphatic heterocycles. The molecule has 0 radical (unpaired) electrons. The summed E-state index contributed by atoms with van der Waals surface area (Å²) in [5.74, 6) is 0.0380. The summed E-state index contributed by atoms with van der Waals surface area (Å²) in [6.45, 7) is 2.06. The third-order valence-corrected chi connectivity index (χ3v) is 3.46. The van der Waals surface area contributed by atoms with Crippen LogP contribution in [0, 0.1) is 0 Å². The van der Waals surface area contributed by atoms with Gasteiger partial charge in [-0.2, -0.15) is 4.98 Å². The van der Waals surface area contributed by atoms with Gasteiger partial charge in [0.25, 0.3) is 5.56 Å².